The van der Waals surface area contributed by atoms with E-state index in [4.69, 9.17) is 16.1 Å². The van der Waals surface area contributed by atoms with Gasteiger partial charge in [-0.05, 0) is 60.9 Å². The van der Waals surface area contributed by atoms with Crippen molar-refractivity contribution in [3.8, 4) is 5.75 Å². The molecule has 29 heavy (non-hydrogen) atoms. The highest BCUT2D eigenvalue weighted by molar-refractivity contribution is 7.89. The van der Waals surface area contributed by atoms with E-state index in [1.54, 1.807) is 73.7 Å². The Balaban J connectivity index is 1.86. The van der Waals surface area contributed by atoms with Crippen LogP contribution in [0.2, 0.25) is 5.02 Å². The molecule has 1 unspecified atom stereocenters. The van der Waals surface area contributed by atoms with E-state index in [1.165, 1.54) is 0 Å². The van der Waals surface area contributed by atoms with Crippen molar-refractivity contribution in [3.63, 3.8) is 0 Å². The largest absolute Gasteiger partial charge is 0.597 e. The lowest BCUT2D eigenvalue weighted by Gasteiger charge is -2.16. The number of rotatable bonds is 7. The van der Waals surface area contributed by atoms with Crippen LogP contribution in [0.4, 0.5) is 0 Å². The Morgan fingerprint density at radius 3 is 2.31 bits per heavy atom. The van der Waals surface area contributed by atoms with E-state index in [-0.39, 0.29) is 4.90 Å². The highest BCUT2D eigenvalue weighted by Gasteiger charge is 2.28. The van der Waals surface area contributed by atoms with E-state index < -0.39 is 24.1 Å². The third-order valence-corrected chi connectivity index (χ3v) is 7.12. The second-order valence-electron chi connectivity index (χ2n) is 6.52. The molecule has 3 rings (SSSR count). The maximum Gasteiger partial charge on any atom is 0.597 e. The SMILES string of the molecule is Cc1ccc(S(=O)(=O)N[C@H](C)c2cc(Cl)ccc2O[P+](=O)c2ccccc2)cc1. The van der Waals surface area contributed by atoms with Crippen molar-refractivity contribution in [3.05, 3.63) is 88.9 Å². The average molecular weight is 449 g/mol. The van der Waals surface area contributed by atoms with Crippen LogP contribution in [0.5, 0.6) is 5.75 Å². The summed E-state index contributed by atoms with van der Waals surface area (Å²) in [6, 6.07) is 19.5. The van der Waals surface area contributed by atoms with Gasteiger partial charge in [-0.2, -0.15) is 0 Å². The number of nitrogens with one attached hydrogen (secondary N) is 1. The van der Waals surface area contributed by atoms with Gasteiger partial charge in [-0.15, -0.1) is 0 Å². The summed E-state index contributed by atoms with van der Waals surface area (Å²) in [6.45, 7) is 3.57. The summed E-state index contributed by atoms with van der Waals surface area (Å²) in [5.74, 6) is 0.304. The maximum atomic E-state index is 12.7. The molecule has 0 bridgehead atoms. The molecular weight excluding hydrogens is 429 g/mol. The molecule has 0 saturated heterocycles. The highest BCUT2D eigenvalue weighted by atomic mass is 35.5. The number of hydrogen-bond donors (Lipinski definition) is 1. The summed E-state index contributed by atoms with van der Waals surface area (Å²) in [6.07, 6.45) is 0. The van der Waals surface area contributed by atoms with Crippen molar-refractivity contribution >= 4 is 35.0 Å². The van der Waals surface area contributed by atoms with E-state index >= 15 is 0 Å². The number of halogens is 1. The van der Waals surface area contributed by atoms with Crippen molar-refractivity contribution in [1.82, 2.24) is 4.72 Å². The second-order valence-corrected chi connectivity index (χ2v) is 9.89. The first-order chi connectivity index (χ1) is 13.8. The lowest BCUT2D eigenvalue weighted by Crippen LogP contribution is -2.27. The van der Waals surface area contributed by atoms with Crippen LogP contribution in [-0.2, 0) is 14.6 Å². The predicted octanol–water partition coefficient (Wildman–Crippen LogP) is 5.13. The quantitative estimate of drug-likeness (QED) is 0.508. The van der Waals surface area contributed by atoms with Crippen molar-refractivity contribution in [1.29, 1.82) is 0 Å². The zero-order valence-electron chi connectivity index (χ0n) is 15.9. The fourth-order valence-corrected chi connectivity index (χ4v) is 4.98. The third kappa shape index (κ3) is 5.43. The normalized spacial score (nSPS) is 13.0. The first-order valence-electron chi connectivity index (χ1n) is 8.85. The molecule has 150 valence electrons. The van der Waals surface area contributed by atoms with Crippen LogP contribution in [0.3, 0.4) is 0 Å². The van der Waals surface area contributed by atoms with Gasteiger partial charge in [-0.3, -0.25) is 0 Å². The predicted molar refractivity (Wildman–Crippen MR) is 116 cm³/mol. The zero-order chi connectivity index (χ0) is 21.0. The summed E-state index contributed by atoms with van der Waals surface area (Å²) in [5.41, 5.74) is 1.46. The van der Waals surface area contributed by atoms with Gasteiger partial charge in [0.05, 0.1) is 4.90 Å². The minimum atomic E-state index is -3.76. The van der Waals surface area contributed by atoms with E-state index in [1.807, 2.05) is 13.0 Å². The molecule has 0 saturated carbocycles. The van der Waals surface area contributed by atoms with Crippen molar-refractivity contribution in [2.75, 3.05) is 0 Å². The maximum absolute atomic E-state index is 12.7. The summed E-state index contributed by atoms with van der Waals surface area (Å²) in [4.78, 5) is 0.162. The van der Waals surface area contributed by atoms with Crippen LogP contribution in [0, 0.1) is 6.92 Å². The third-order valence-electron chi connectivity index (χ3n) is 4.25. The Morgan fingerprint density at radius 1 is 1.00 bits per heavy atom. The Kier molecular flexibility index (Phi) is 6.70. The molecule has 0 radical (unpaired) electrons. The van der Waals surface area contributed by atoms with Crippen LogP contribution in [0.1, 0.15) is 24.1 Å². The number of aryl methyl sites for hydroxylation is 1. The molecule has 0 aliphatic carbocycles. The van der Waals surface area contributed by atoms with Gasteiger partial charge in [0.15, 0.2) is 5.75 Å². The lowest BCUT2D eigenvalue weighted by atomic mass is 10.1. The fraction of sp³-hybridized carbons (Fsp3) is 0.143. The monoisotopic (exact) mass is 448 g/mol. The van der Waals surface area contributed by atoms with E-state index in [2.05, 4.69) is 4.72 Å². The molecule has 0 aliphatic heterocycles. The minimum Gasteiger partial charge on any atom is -0.250 e. The Bertz CT molecular complexity index is 1120. The number of sulfonamides is 1. The molecule has 2 atom stereocenters. The van der Waals surface area contributed by atoms with Gasteiger partial charge < -0.3 is 0 Å². The molecule has 0 heterocycles. The smallest absolute Gasteiger partial charge is 0.250 e. The van der Waals surface area contributed by atoms with Gasteiger partial charge >= 0.3 is 8.03 Å². The molecule has 0 spiro atoms. The standard InChI is InChI=1S/C21H20ClNO4PS/c1-15-8-11-19(12-9-15)29(25,26)23-16(2)20-14-17(22)10-13-21(20)27-28(24)18-6-4-3-5-7-18/h3-14,16,23H,1-2H3/q+1/t16-/m1/s1. The van der Waals surface area contributed by atoms with Crippen molar-refractivity contribution in [2.24, 2.45) is 0 Å². The molecule has 3 aromatic carbocycles. The summed E-state index contributed by atoms with van der Waals surface area (Å²) in [5, 5.41) is 0.958. The molecular formula is C21H20ClNO4PS+. The van der Waals surface area contributed by atoms with Crippen LogP contribution < -0.4 is 14.6 Å². The first-order valence-corrected chi connectivity index (χ1v) is 11.9. The zero-order valence-corrected chi connectivity index (χ0v) is 18.3. The van der Waals surface area contributed by atoms with Crippen LogP contribution in [0.25, 0.3) is 0 Å². The van der Waals surface area contributed by atoms with E-state index in [9.17, 15) is 13.0 Å². The van der Waals surface area contributed by atoms with Gasteiger partial charge in [-0.1, -0.05) is 47.5 Å². The summed E-state index contributed by atoms with van der Waals surface area (Å²) < 4.78 is 46.3. The van der Waals surface area contributed by atoms with Crippen molar-refractivity contribution < 1.29 is 17.5 Å². The molecule has 5 nitrogen and oxygen atoms in total. The molecule has 0 aliphatic rings. The molecule has 0 aromatic heterocycles. The van der Waals surface area contributed by atoms with Crippen LogP contribution in [-0.4, -0.2) is 8.42 Å². The molecule has 0 fully saturated rings. The van der Waals surface area contributed by atoms with Gasteiger partial charge in [0, 0.05) is 16.6 Å². The van der Waals surface area contributed by atoms with E-state index in [0.29, 0.717) is 21.6 Å². The number of hydrogen-bond acceptors (Lipinski definition) is 4. The fourth-order valence-electron chi connectivity index (χ4n) is 2.71. The van der Waals surface area contributed by atoms with Crippen LogP contribution >= 0.6 is 19.6 Å². The van der Waals surface area contributed by atoms with Gasteiger partial charge in [0.1, 0.15) is 0 Å². The Hall–Kier alpha value is -2.24. The lowest BCUT2D eigenvalue weighted by molar-refractivity contribution is 0.506. The molecule has 8 heteroatoms. The topological polar surface area (TPSA) is 72.5 Å². The van der Waals surface area contributed by atoms with Gasteiger partial charge in [0.2, 0.25) is 15.3 Å². The Morgan fingerprint density at radius 2 is 1.66 bits per heavy atom. The highest BCUT2D eigenvalue weighted by Crippen LogP contribution is 2.35. The van der Waals surface area contributed by atoms with Gasteiger partial charge in [-0.25, -0.2) is 17.7 Å². The second kappa shape index (κ2) is 9.06. The summed E-state index contributed by atoms with van der Waals surface area (Å²) in [7, 11) is -5.91. The number of benzene rings is 3. The minimum absolute atomic E-state index is 0.162. The van der Waals surface area contributed by atoms with Crippen LogP contribution in [0.15, 0.2) is 77.7 Å². The molecule has 0 amide bonds. The molecule has 1 N–H and O–H groups in total. The van der Waals surface area contributed by atoms with Crippen molar-refractivity contribution in [2.45, 2.75) is 24.8 Å². The van der Waals surface area contributed by atoms with E-state index in [0.717, 1.165) is 5.56 Å². The van der Waals surface area contributed by atoms with Gasteiger partial charge in [0.25, 0.3) is 0 Å². The first kappa shape index (κ1) is 21.5. The molecule has 3 aromatic rings. The average Bonchev–Trinajstić information content (AvgIpc) is 2.70. The Labute approximate surface area is 176 Å². The summed E-state index contributed by atoms with van der Waals surface area (Å²) >= 11 is 6.11.